The average molecular weight is 373 g/mol. The van der Waals surface area contributed by atoms with Crippen molar-refractivity contribution in [3.05, 3.63) is 63.3 Å². The summed E-state index contributed by atoms with van der Waals surface area (Å²) in [5.41, 5.74) is 0.829. The van der Waals surface area contributed by atoms with Crippen LogP contribution in [0.5, 0.6) is 5.75 Å². The summed E-state index contributed by atoms with van der Waals surface area (Å²) in [6, 6.07) is 11.3. The topological polar surface area (TPSA) is 38.3 Å². The Morgan fingerprint density at radius 1 is 1.29 bits per heavy atom. The van der Waals surface area contributed by atoms with Crippen LogP contribution in [0.2, 0.25) is 5.02 Å². The maximum absolute atomic E-state index is 12.9. The van der Waals surface area contributed by atoms with Crippen LogP contribution in [0.1, 0.15) is 5.56 Å². The van der Waals surface area contributed by atoms with Gasteiger partial charge in [-0.2, -0.15) is 0 Å². The molecule has 2 aromatic carbocycles. The molecule has 6 heteroatoms. The largest absolute Gasteiger partial charge is 0.483 e. The summed E-state index contributed by atoms with van der Waals surface area (Å²) in [5, 5.41) is 3.30. The van der Waals surface area contributed by atoms with Gasteiger partial charge in [0.2, 0.25) is 0 Å². The molecule has 1 N–H and O–H groups in total. The van der Waals surface area contributed by atoms with Gasteiger partial charge in [-0.15, -0.1) is 0 Å². The molecule has 0 aliphatic heterocycles. The first kappa shape index (κ1) is 15.8. The molecule has 0 heterocycles. The second-order valence-electron chi connectivity index (χ2n) is 4.23. The van der Waals surface area contributed by atoms with Gasteiger partial charge in [-0.1, -0.05) is 29.8 Å². The number of hydrogen-bond donors (Lipinski definition) is 1. The Morgan fingerprint density at radius 3 is 2.76 bits per heavy atom. The lowest BCUT2D eigenvalue weighted by Gasteiger charge is -2.09. The monoisotopic (exact) mass is 371 g/mol. The Hall–Kier alpha value is -1.59. The van der Waals surface area contributed by atoms with Gasteiger partial charge in [0.25, 0.3) is 5.91 Å². The molecule has 1 amide bonds. The van der Waals surface area contributed by atoms with Crippen LogP contribution in [0, 0.1) is 5.82 Å². The summed E-state index contributed by atoms with van der Waals surface area (Å²) >= 11 is 9.16. The van der Waals surface area contributed by atoms with Crippen LogP contribution in [0.3, 0.4) is 0 Å². The number of nitrogens with one attached hydrogen (secondary N) is 1. The van der Waals surface area contributed by atoms with Crippen LogP contribution in [0.4, 0.5) is 4.39 Å². The van der Waals surface area contributed by atoms with E-state index in [1.165, 1.54) is 18.2 Å². The van der Waals surface area contributed by atoms with E-state index in [1.54, 1.807) is 6.07 Å². The van der Waals surface area contributed by atoms with Crippen molar-refractivity contribution in [3.63, 3.8) is 0 Å². The van der Waals surface area contributed by atoms with Gasteiger partial charge in [0.05, 0.1) is 4.47 Å². The van der Waals surface area contributed by atoms with Crippen molar-refractivity contribution in [3.8, 4) is 5.75 Å². The molecule has 0 atom stereocenters. The molecule has 0 bridgehead atoms. The summed E-state index contributed by atoms with van der Waals surface area (Å²) < 4.78 is 18.7. The molecule has 0 unspecified atom stereocenters. The number of carbonyl (C=O) groups excluding carboxylic acids is 1. The van der Waals surface area contributed by atoms with E-state index in [9.17, 15) is 9.18 Å². The number of ether oxygens (including phenoxy) is 1. The van der Waals surface area contributed by atoms with E-state index in [-0.39, 0.29) is 18.3 Å². The summed E-state index contributed by atoms with van der Waals surface area (Å²) in [5.74, 6) is -0.257. The minimum atomic E-state index is -0.377. The molecular formula is C15H12BrClFNO2. The van der Waals surface area contributed by atoms with Gasteiger partial charge in [0, 0.05) is 11.6 Å². The Balaban J connectivity index is 1.84. The van der Waals surface area contributed by atoms with Crippen LogP contribution in [0.15, 0.2) is 46.9 Å². The van der Waals surface area contributed by atoms with E-state index < -0.39 is 0 Å². The molecule has 0 fully saturated rings. The molecule has 0 spiro atoms. The smallest absolute Gasteiger partial charge is 0.258 e. The third-order valence-corrected chi connectivity index (χ3v) is 3.67. The number of benzene rings is 2. The SMILES string of the molecule is O=C(COc1ccc(F)cc1Br)NCc1ccccc1Cl. The molecule has 2 rings (SSSR count). The van der Waals surface area contributed by atoms with E-state index in [0.29, 0.717) is 21.8 Å². The molecular weight excluding hydrogens is 361 g/mol. The van der Waals surface area contributed by atoms with Gasteiger partial charge in [0.15, 0.2) is 6.61 Å². The van der Waals surface area contributed by atoms with Crippen molar-refractivity contribution in [2.45, 2.75) is 6.54 Å². The van der Waals surface area contributed by atoms with Crippen molar-refractivity contribution in [1.29, 1.82) is 0 Å². The lowest BCUT2D eigenvalue weighted by molar-refractivity contribution is -0.123. The lowest BCUT2D eigenvalue weighted by Crippen LogP contribution is -2.28. The maximum atomic E-state index is 12.9. The molecule has 21 heavy (non-hydrogen) atoms. The fraction of sp³-hybridized carbons (Fsp3) is 0.133. The van der Waals surface area contributed by atoms with Crippen LogP contribution in [-0.4, -0.2) is 12.5 Å². The Kier molecular flexibility index (Phi) is 5.59. The summed E-state index contributed by atoms with van der Waals surface area (Å²) in [7, 11) is 0. The molecule has 3 nitrogen and oxygen atoms in total. The number of amides is 1. The number of halogens is 3. The minimum Gasteiger partial charge on any atom is -0.483 e. The standard InChI is InChI=1S/C15H12BrClFNO2/c16-12-7-11(18)5-6-14(12)21-9-15(20)19-8-10-3-1-2-4-13(10)17/h1-7H,8-9H2,(H,19,20). The zero-order valence-corrected chi connectivity index (χ0v) is 13.2. The fourth-order valence-electron chi connectivity index (χ4n) is 1.62. The van der Waals surface area contributed by atoms with Crippen molar-refractivity contribution in [2.24, 2.45) is 0 Å². The van der Waals surface area contributed by atoms with Gasteiger partial charge in [0.1, 0.15) is 11.6 Å². The highest BCUT2D eigenvalue weighted by Gasteiger charge is 2.07. The molecule has 0 aliphatic carbocycles. The quantitative estimate of drug-likeness (QED) is 0.863. The van der Waals surface area contributed by atoms with Crippen LogP contribution >= 0.6 is 27.5 Å². The molecule has 0 radical (unpaired) electrons. The second kappa shape index (κ2) is 7.43. The Morgan fingerprint density at radius 2 is 2.05 bits per heavy atom. The van der Waals surface area contributed by atoms with E-state index in [1.807, 2.05) is 18.2 Å². The first-order valence-electron chi connectivity index (χ1n) is 6.14. The van der Waals surface area contributed by atoms with Gasteiger partial charge < -0.3 is 10.1 Å². The van der Waals surface area contributed by atoms with Crippen LogP contribution < -0.4 is 10.1 Å². The highest BCUT2D eigenvalue weighted by molar-refractivity contribution is 9.10. The molecule has 0 saturated carbocycles. The van der Waals surface area contributed by atoms with Gasteiger partial charge in [-0.25, -0.2) is 4.39 Å². The third kappa shape index (κ3) is 4.72. The summed E-state index contributed by atoms with van der Waals surface area (Å²) in [4.78, 5) is 11.7. The fourth-order valence-corrected chi connectivity index (χ4v) is 2.29. The van der Waals surface area contributed by atoms with Crippen molar-refractivity contribution in [1.82, 2.24) is 5.32 Å². The lowest BCUT2D eigenvalue weighted by atomic mass is 10.2. The van der Waals surface area contributed by atoms with Crippen molar-refractivity contribution < 1.29 is 13.9 Å². The van der Waals surface area contributed by atoms with Crippen molar-refractivity contribution >= 4 is 33.4 Å². The number of carbonyl (C=O) groups is 1. The van der Waals surface area contributed by atoms with E-state index in [0.717, 1.165) is 5.56 Å². The zero-order valence-electron chi connectivity index (χ0n) is 10.9. The zero-order chi connectivity index (χ0) is 15.2. The Bertz CT molecular complexity index is 651. The minimum absolute atomic E-state index is 0.158. The molecule has 110 valence electrons. The van der Waals surface area contributed by atoms with Crippen molar-refractivity contribution in [2.75, 3.05) is 6.61 Å². The normalized spacial score (nSPS) is 10.2. The first-order chi connectivity index (χ1) is 10.1. The molecule has 0 aromatic heterocycles. The summed E-state index contributed by atoms with van der Waals surface area (Å²) in [6.45, 7) is 0.168. The number of hydrogen-bond acceptors (Lipinski definition) is 2. The van der Waals surface area contributed by atoms with E-state index in [4.69, 9.17) is 16.3 Å². The molecule has 0 saturated heterocycles. The van der Waals surface area contributed by atoms with Gasteiger partial charge in [-0.3, -0.25) is 4.79 Å². The highest BCUT2D eigenvalue weighted by Crippen LogP contribution is 2.25. The molecule has 0 aliphatic rings. The van der Waals surface area contributed by atoms with Gasteiger partial charge in [-0.05, 0) is 45.8 Å². The predicted molar refractivity (Wildman–Crippen MR) is 82.9 cm³/mol. The summed E-state index contributed by atoms with van der Waals surface area (Å²) in [6.07, 6.45) is 0. The van der Waals surface area contributed by atoms with E-state index >= 15 is 0 Å². The average Bonchev–Trinajstić information content (AvgIpc) is 2.45. The van der Waals surface area contributed by atoms with E-state index in [2.05, 4.69) is 21.2 Å². The number of rotatable bonds is 5. The molecule has 2 aromatic rings. The maximum Gasteiger partial charge on any atom is 0.258 e. The predicted octanol–water partition coefficient (Wildman–Crippen LogP) is 3.94. The first-order valence-corrected chi connectivity index (χ1v) is 7.31. The third-order valence-electron chi connectivity index (χ3n) is 2.69. The van der Waals surface area contributed by atoms with Gasteiger partial charge >= 0.3 is 0 Å². The Labute approximate surface area is 135 Å². The second-order valence-corrected chi connectivity index (χ2v) is 5.49. The van der Waals surface area contributed by atoms with Crippen LogP contribution in [0.25, 0.3) is 0 Å². The van der Waals surface area contributed by atoms with Crippen LogP contribution in [-0.2, 0) is 11.3 Å². The highest BCUT2D eigenvalue weighted by atomic mass is 79.9.